The highest BCUT2D eigenvalue weighted by Gasteiger charge is 2.31. The van der Waals surface area contributed by atoms with Gasteiger partial charge in [-0.2, -0.15) is 13.2 Å². The van der Waals surface area contributed by atoms with Crippen LogP contribution in [0.4, 0.5) is 13.2 Å². The molecule has 0 radical (unpaired) electrons. The van der Waals surface area contributed by atoms with Crippen LogP contribution >= 0.6 is 0 Å². The van der Waals surface area contributed by atoms with Gasteiger partial charge in [-0.05, 0) is 12.8 Å². The highest BCUT2D eigenvalue weighted by molar-refractivity contribution is 5.77. The van der Waals surface area contributed by atoms with E-state index in [9.17, 15) is 18.0 Å². The summed E-state index contributed by atoms with van der Waals surface area (Å²) in [5, 5.41) is 3.01. The number of carbonyl (C=O) groups excluding carboxylic acids is 1. The van der Waals surface area contributed by atoms with Gasteiger partial charge in [0.1, 0.15) is 6.61 Å². The van der Waals surface area contributed by atoms with Crippen molar-refractivity contribution in [3.05, 3.63) is 0 Å². The molecule has 0 aliphatic heterocycles. The summed E-state index contributed by atoms with van der Waals surface area (Å²) in [5.41, 5.74) is 5.22. The lowest BCUT2D eigenvalue weighted by atomic mass is 10.0. The number of nitrogens with one attached hydrogen (secondary N) is 1. The van der Waals surface area contributed by atoms with Crippen molar-refractivity contribution in [3.63, 3.8) is 0 Å². The van der Waals surface area contributed by atoms with Crippen molar-refractivity contribution >= 4 is 5.91 Å². The molecule has 1 aliphatic rings. The van der Waals surface area contributed by atoms with Crippen LogP contribution in [0.2, 0.25) is 0 Å². The molecule has 0 heterocycles. The predicted molar refractivity (Wildman–Crippen MR) is 55.2 cm³/mol. The minimum absolute atomic E-state index is 0.0259. The van der Waals surface area contributed by atoms with Crippen molar-refractivity contribution in [1.82, 2.24) is 5.32 Å². The molecule has 1 rings (SSSR count). The van der Waals surface area contributed by atoms with E-state index in [1.807, 2.05) is 0 Å². The maximum atomic E-state index is 11.7. The van der Waals surface area contributed by atoms with Crippen molar-refractivity contribution in [3.8, 4) is 0 Å². The molecule has 0 aromatic rings. The lowest BCUT2D eigenvalue weighted by Crippen LogP contribution is -2.40. The molecule has 0 aromatic heterocycles. The van der Waals surface area contributed by atoms with E-state index in [2.05, 4.69) is 10.1 Å². The molecule has 0 spiro atoms. The van der Waals surface area contributed by atoms with Gasteiger partial charge in [0.25, 0.3) is 0 Å². The fourth-order valence-electron chi connectivity index (χ4n) is 2.05. The molecule has 100 valence electrons. The van der Waals surface area contributed by atoms with E-state index in [0.717, 1.165) is 19.3 Å². The Labute approximate surface area is 97.7 Å². The molecule has 1 fully saturated rings. The van der Waals surface area contributed by atoms with Crippen LogP contribution in [0.3, 0.4) is 0 Å². The summed E-state index contributed by atoms with van der Waals surface area (Å²) in [7, 11) is 0. The highest BCUT2D eigenvalue weighted by atomic mass is 19.4. The van der Waals surface area contributed by atoms with Crippen LogP contribution in [-0.2, 0) is 9.53 Å². The summed E-state index contributed by atoms with van der Waals surface area (Å²) >= 11 is 0. The molecule has 4 nitrogen and oxygen atoms in total. The van der Waals surface area contributed by atoms with E-state index < -0.39 is 12.8 Å². The van der Waals surface area contributed by atoms with Crippen LogP contribution in [0.15, 0.2) is 0 Å². The topological polar surface area (TPSA) is 64.4 Å². The Morgan fingerprint density at radius 1 is 1.41 bits per heavy atom. The van der Waals surface area contributed by atoms with Gasteiger partial charge in [-0.1, -0.05) is 6.42 Å². The Morgan fingerprint density at radius 2 is 2.12 bits per heavy atom. The Kier molecular flexibility index (Phi) is 5.20. The quantitative estimate of drug-likeness (QED) is 0.689. The molecule has 1 saturated carbocycles. The zero-order valence-corrected chi connectivity index (χ0v) is 9.43. The highest BCUT2D eigenvalue weighted by Crippen LogP contribution is 2.25. The van der Waals surface area contributed by atoms with Gasteiger partial charge >= 0.3 is 6.18 Å². The van der Waals surface area contributed by atoms with E-state index in [1.54, 1.807) is 0 Å². The summed E-state index contributed by atoms with van der Waals surface area (Å²) < 4.78 is 39.7. The maximum absolute atomic E-state index is 11.7. The molecule has 1 amide bonds. The van der Waals surface area contributed by atoms with Crippen LogP contribution in [0.25, 0.3) is 0 Å². The molecule has 7 heteroatoms. The minimum atomic E-state index is -4.29. The Bertz CT molecular complexity index is 258. The van der Waals surface area contributed by atoms with Gasteiger partial charge in [0, 0.05) is 12.6 Å². The Balaban J connectivity index is 2.12. The fraction of sp³-hybridized carbons (Fsp3) is 0.900. The second-order valence-corrected chi connectivity index (χ2v) is 4.17. The molecule has 0 bridgehead atoms. The molecule has 0 saturated heterocycles. The van der Waals surface area contributed by atoms with Gasteiger partial charge in [0.2, 0.25) is 5.91 Å². The first-order valence-electron chi connectivity index (χ1n) is 5.57. The van der Waals surface area contributed by atoms with Gasteiger partial charge in [-0.15, -0.1) is 0 Å². The third-order valence-corrected chi connectivity index (χ3v) is 2.80. The normalized spacial score (nSPS) is 25.1. The SMILES string of the molecule is NC(=O)[C@@H]1CCC[C@H]1NCCOCC(F)(F)F. The second-order valence-electron chi connectivity index (χ2n) is 4.17. The first-order chi connectivity index (χ1) is 7.90. The lowest BCUT2D eigenvalue weighted by molar-refractivity contribution is -0.173. The van der Waals surface area contributed by atoms with Gasteiger partial charge in [0.05, 0.1) is 12.5 Å². The maximum Gasteiger partial charge on any atom is 0.411 e. The predicted octanol–water partition coefficient (Wildman–Crippen LogP) is 0.809. The van der Waals surface area contributed by atoms with Crippen molar-refractivity contribution in [1.29, 1.82) is 0 Å². The number of amides is 1. The first kappa shape index (κ1) is 14.2. The van der Waals surface area contributed by atoms with Crippen LogP contribution < -0.4 is 11.1 Å². The number of alkyl halides is 3. The number of carbonyl (C=O) groups is 1. The number of rotatable bonds is 6. The van der Waals surface area contributed by atoms with Gasteiger partial charge in [-0.3, -0.25) is 4.79 Å². The smallest absolute Gasteiger partial charge is 0.371 e. The number of primary amides is 1. The van der Waals surface area contributed by atoms with Crippen LogP contribution in [-0.4, -0.2) is 37.9 Å². The van der Waals surface area contributed by atoms with Crippen molar-refractivity contribution in [2.24, 2.45) is 11.7 Å². The number of hydrogen-bond donors (Lipinski definition) is 2. The molecular weight excluding hydrogens is 237 g/mol. The monoisotopic (exact) mass is 254 g/mol. The summed E-state index contributed by atoms with van der Waals surface area (Å²) in [6.45, 7) is -0.968. The number of nitrogens with two attached hydrogens (primary N) is 1. The summed E-state index contributed by atoms with van der Waals surface area (Å²) in [5.74, 6) is -0.561. The van der Waals surface area contributed by atoms with Crippen LogP contribution in [0, 0.1) is 5.92 Å². The molecule has 17 heavy (non-hydrogen) atoms. The molecule has 0 unspecified atom stereocenters. The van der Waals surface area contributed by atoms with Crippen molar-refractivity contribution in [2.45, 2.75) is 31.5 Å². The summed E-state index contributed by atoms with van der Waals surface area (Å²) in [6.07, 6.45) is -1.80. The average Bonchev–Trinajstić information content (AvgIpc) is 2.63. The zero-order valence-electron chi connectivity index (χ0n) is 9.43. The van der Waals surface area contributed by atoms with E-state index >= 15 is 0 Å². The lowest BCUT2D eigenvalue weighted by Gasteiger charge is -2.18. The van der Waals surface area contributed by atoms with E-state index in [-0.39, 0.29) is 24.5 Å². The molecule has 0 aromatic carbocycles. The van der Waals surface area contributed by atoms with Crippen molar-refractivity contribution < 1.29 is 22.7 Å². The second kappa shape index (κ2) is 6.20. The summed E-state index contributed by atoms with van der Waals surface area (Å²) in [4.78, 5) is 11.0. The first-order valence-corrected chi connectivity index (χ1v) is 5.57. The molecule has 2 atom stereocenters. The fourth-order valence-corrected chi connectivity index (χ4v) is 2.05. The van der Waals surface area contributed by atoms with Gasteiger partial charge < -0.3 is 15.8 Å². The third kappa shape index (κ3) is 5.36. The van der Waals surface area contributed by atoms with Crippen LogP contribution in [0.1, 0.15) is 19.3 Å². The largest absolute Gasteiger partial charge is 0.411 e. The summed E-state index contributed by atoms with van der Waals surface area (Å²) in [6, 6.07) is -0.0259. The third-order valence-electron chi connectivity index (χ3n) is 2.80. The van der Waals surface area contributed by atoms with E-state index in [1.165, 1.54) is 0 Å². The van der Waals surface area contributed by atoms with E-state index in [4.69, 9.17) is 5.73 Å². The molecule has 1 aliphatic carbocycles. The standard InChI is InChI=1S/C10H17F3N2O2/c11-10(12,13)6-17-5-4-15-8-3-1-2-7(8)9(14)16/h7-8,15H,1-6H2,(H2,14,16)/t7-,8-/m1/s1. The number of hydrogen-bond acceptors (Lipinski definition) is 3. The number of halogens is 3. The molecular formula is C10H17F3N2O2. The van der Waals surface area contributed by atoms with Crippen molar-refractivity contribution in [2.75, 3.05) is 19.8 Å². The zero-order chi connectivity index (χ0) is 12.9. The molecule has 3 N–H and O–H groups in total. The Hall–Kier alpha value is -0.820. The number of ether oxygens (including phenoxy) is 1. The minimum Gasteiger partial charge on any atom is -0.371 e. The van der Waals surface area contributed by atoms with Gasteiger partial charge in [-0.25, -0.2) is 0 Å². The Morgan fingerprint density at radius 3 is 2.71 bits per heavy atom. The van der Waals surface area contributed by atoms with Gasteiger partial charge in [0.15, 0.2) is 0 Å². The van der Waals surface area contributed by atoms with E-state index in [0.29, 0.717) is 6.54 Å². The average molecular weight is 254 g/mol. The van der Waals surface area contributed by atoms with Crippen LogP contribution in [0.5, 0.6) is 0 Å².